The molecule has 2 fully saturated rings. The van der Waals surface area contributed by atoms with E-state index in [1.54, 1.807) is 7.11 Å². The SMILES string of the molecule is COc1ccc(-c2noc(CN3CCN(CN4C(=O)CC4c4ccccc4)CC3)n2)cc1. The first-order valence-corrected chi connectivity index (χ1v) is 11.0. The third-order valence-electron chi connectivity index (χ3n) is 6.24. The summed E-state index contributed by atoms with van der Waals surface area (Å²) in [5.41, 5.74) is 2.12. The molecule has 2 saturated heterocycles. The summed E-state index contributed by atoms with van der Waals surface area (Å²) in [6.45, 7) is 4.94. The summed E-state index contributed by atoms with van der Waals surface area (Å²) in [7, 11) is 1.64. The summed E-state index contributed by atoms with van der Waals surface area (Å²) < 4.78 is 10.7. The second-order valence-electron chi connectivity index (χ2n) is 8.27. The van der Waals surface area contributed by atoms with Crippen LogP contribution in [0.25, 0.3) is 11.4 Å². The lowest BCUT2D eigenvalue weighted by atomic mass is 9.94. The van der Waals surface area contributed by atoms with E-state index in [0.717, 1.165) is 37.5 Å². The van der Waals surface area contributed by atoms with Gasteiger partial charge < -0.3 is 14.2 Å². The zero-order chi connectivity index (χ0) is 21.9. The molecule has 1 atom stereocenters. The van der Waals surface area contributed by atoms with Gasteiger partial charge in [0.2, 0.25) is 17.6 Å². The van der Waals surface area contributed by atoms with Gasteiger partial charge in [0.05, 0.1) is 32.8 Å². The van der Waals surface area contributed by atoms with Crippen LogP contribution >= 0.6 is 0 Å². The molecule has 2 aliphatic rings. The summed E-state index contributed by atoms with van der Waals surface area (Å²) in [5, 5.41) is 4.12. The molecule has 1 unspecified atom stereocenters. The van der Waals surface area contributed by atoms with Crippen molar-refractivity contribution in [2.75, 3.05) is 40.0 Å². The minimum absolute atomic E-state index is 0.205. The average Bonchev–Trinajstić information content (AvgIpc) is 3.31. The molecular weight excluding hydrogens is 406 g/mol. The van der Waals surface area contributed by atoms with E-state index in [1.165, 1.54) is 5.56 Å². The lowest BCUT2D eigenvalue weighted by Crippen LogP contribution is -2.55. The Bertz CT molecular complexity index is 1050. The monoisotopic (exact) mass is 433 g/mol. The predicted octanol–water partition coefficient (Wildman–Crippen LogP) is 2.79. The lowest BCUT2D eigenvalue weighted by Gasteiger charge is -2.45. The molecule has 2 aromatic carbocycles. The van der Waals surface area contributed by atoms with Crippen LogP contribution in [-0.4, -0.2) is 70.7 Å². The zero-order valence-corrected chi connectivity index (χ0v) is 18.2. The van der Waals surface area contributed by atoms with E-state index in [1.807, 2.05) is 47.4 Å². The van der Waals surface area contributed by atoms with Crippen molar-refractivity contribution in [3.8, 4) is 17.1 Å². The van der Waals surface area contributed by atoms with Crippen molar-refractivity contribution in [3.63, 3.8) is 0 Å². The molecule has 0 aliphatic carbocycles. The van der Waals surface area contributed by atoms with Gasteiger partial charge in [0.1, 0.15) is 5.75 Å². The Kier molecular flexibility index (Phi) is 5.87. The largest absolute Gasteiger partial charge is 0.497 e. The summed E-state index contributed by atoms with van der Waals surface area (Å²) in [4.78, 5) is 23.4. The van der Waals surface area contributed by atoms with Crippen molar-refractivity contribution in [3.05, 3.63) is 66.1 Å². The fourth-order valence-electron chi connectivity index (χ4n) is 4.28. The Morgan fingerprint density at radius 3 is 2.41 bits per heavy atom. The maximum absolute atomic E-state index is 12.2. The Labute approximate surface area is 187 Å². The van der Waals surface area contributed by atoms with E-state index < -0.39 is 0 Å². The molecule has 3 aromatic rings. The van der Waals surface area contributed by atoms with Crippen LogP contribution in [0, 0.1) is 0 Å². The average molecular weight is 434 g/mol. The van der Waals surface area contributed by atoms with Crippen molar-refractivity contribution < 1.29 is 14.1 Å². The molecule has 8 nitrogen and oxygen atoms in total. The molecule has 1 aromatic heterocycles. The van der Waals surface area contributed by atoms with E-state index in [0.29, 0.717) is 31.3 Å². The molecule has 0 N–H and O–H groups in total. The molecule has 0 bridgehead atoms. The number of ether oxygens (including phenoxy) is 1. The Morgan fingerprint density at radius 1 is 1.00 bits per heavy atom. The van der Waals surface area contributed by atoms with Gasteiger partial charge in [0.25, 0.3) is 0 Å². The summed E-state index contributed by atoms with van der Waals surface area (Å²) in [6.07, 6.45) is 0.609. The van der Waals surface area contributed by atoms with Gasteiger partial charge in [-0.3, -0.25) is 14.6 Å². The molecule has 5 rings (SSSR count). The van der Waals surface area contributed by atoms with Gasteiger partial charge in [-0.25, -0.2) is 0 Å². The molecule has 166 valence electrons. The molecule has 2 aliphatic heterocycles. The number of carbonyl (C=O) groups excluding carboxylic acids is 1. The van der Waals surface area contributed by atoms with Gasteiger partial charge in [-0.2, -0.15) is 4.98 Å². The number of hydrogen-bond acceptors (Lipinski definition) is 7. The van der Waals surface area contributed by atoms with Crippen LogP contribution in [0.3, 0.4) is 0 Å². The molecule has 1 amide bonds. The number of benzene rings is 2. The summed E-state index contributed by atoms with van der Waals surface area (Å²) >= 11 is 0. The number of amides is 1. The third-order valence-corrected chi connectivity index (χ3v) is 6.24. The fraction of sp³-hybridized carbons (Fsp3) is 0.375. The van der Waals surface area contributed by atoms with Crippen LogP contribution in [0.2, 0.25) is 0 Å². The van der Waals surface area contributed by atoms with E-state index in [2.05, 4.69) is 32.1 Å². The van der Waals surface area contributed by atoms with Crippen LogP contribution in [0.15, 0.2) is 59.1 Å². The molecule has 0 saturated carbocycles. The zero-order valence-electron chi connectivity index (χ0n) is 18.2. The van der Waals surface area contributed by atoms with Crippen molar-refractivity contribution in [1.29, 1.82) is 0 Å². The van der Waals surface area contributed by atoms with Crippen molar-refractivity contribution in [2.24, 2.45) is 0 Å². The fourth-order valence-corrected chi connectivity index (χ4v) is 4.28. The van der Waals surface area contributed by atoms with E-state index >= 15 is 0 Å². The second kappa shape index (κ2) is 9.10. The summed E-state index contributed by atoms with van der Waals surface area (Å²) in [5.74, 6) is 2.24. The van der Waals surface area contributed by atoms with E-state index in [9.17, 15) is 4.79 Å². The van der Waals surface area contributed by atoms with Crippen molar-refractivity contribution >= 4 is 5.91 Å². The maximum atomic E-state index is 12.2. The first kappa shape index (κ1) is 20.7. The van der Waals surface area contributed by atoms with Crippen molar-refractivity contribution in [1.82, 2.24) is 24.8 Å². The molecule has 3 heterocycles. The first-order valence-electron chi connectivity index (χ1n) is 11.0. The highest BCUT2D eigenvalue weighted by atomic mass is 16.5. The molecular formula is C24H27N5O3. The van der Waals surface area contributed by atoms with E-state index in [-0.39, 0.29) is 11.9 Å². The number of rotatable bonds is 7. The van der Waals surface area contributed by atoms with Crippen LogP contribution < -0.4 is 4.74 Å². The highest BCUT2D eigenvalue weighted by Crippen LogP contribution is 2.34. The Balaban J connectivity index is 1.12. The minimum atomic E-state index is 0.205. The highest BCUT2D eigenvalue weighted by molar-refractivity contribution is 5.83. The third kappa shape index (κ3) is 4.37. The Hall–Kier alpha value is -3.23. The van der Waals surface area contributed by atoms with Crippen LogP contribution in [0.4, 0.5) is 0 Å². The topological polar surface area (TPSA) is 74.9 Å². The second-order valence-corrected chi connectivity index (χ2v) is 8.27. The number of hydrogen-bond donors (Lipinski definition) is 0. The van der Waals surface area contributed by atoms with Gasteiger partial charge >= 0.3 is 0 Å². The smallest absolute Gasteiger partial charge is 0.241 e. The van der Waals surface area contributed by atoms with Crippen LogP contribution in [-0.2, 0) is 11.3 Å². The standard InChI is InChI=1S/C24H27N5O3/c1-31-20-9-7-19(8-10-20)24-25-22(32-26-24)16-27-11-13-28(14-12-27)17-29-21(15-23(29)30)18-5-3-2-4-6-18/h2-10,21H,11-17H2,1H3. The predicted molar refractivity (Wildman–Crippen MR) is 119 cm³/mol. The van der Waals surface area contributed by atoms with Crippen LogP contribution in [0.5, 0.6) is 5.75 Å². The molecule has 32 heavy (non-hydrogen) atoms. The number of carbonyl (C=O) groups is 1. The maximum Gasteiger partial charge on any atom is 0.241 e. The molecule has 0 spiro atoms. The number of methoxy groups -OCH3 is 1. The number of β-lactam (4-membered cyclic amide) rings is 1. The van der Waals surface area contributed by atoms with Crippen LogP contribution in [0.1, 0.15) is 23.9 Å². The molecule has 0 radical (unpaired) electrons. The number of piperazine rings is 1. The quantitative estimate of drug-likeness (QED) is 0.531. The van der Waals surface area contributed by atoms with Gasteiger partial charge in [0, 0.05) is 31.7 Å². The molecule has 8 heteroatoms. The summed E-state index contributed by atoms with van der Waals surface area (Å²) in [6, 6.07) is 18.1. The number of aromatic nitrogens is 2. The Morgan fingerprint density at radius 2 is 1.72 bits per heavy atom. The number of likely N-dealkylation sites (tertiary alicyclic amines) is 1. The lowest BCUT2D eigenvalue weighted by molar-refractivity contribution is -0.150. The minimum Gasteiger partial charge on any atom is -0.497 e. The van der Waals surface area contributed by atoms with Gasteiger partial charge in [0.15, 0.2) is 0 Å². The van der Waals surface area contributed by atoms with Gasteiger partial charge in [-0.15, -0.1) is 0 Å². The van der Waals surface area contributed by atoms with Crippen molar-refractivity contribution in [2.45, 2.75) is 19.0 Å². The number of nitrogens with zero attached hydrogens (tertiary/aromatic N) is 5. The highest BCUT2D eigenvalue weighted by Gasteiger charge is 2.38. The first-order chi connectivity index (χ1) is 15.7. The van der Waals surface area contributed by atoms with Gasteiger partial charge in [-0.05, 0) is 29.8 Å². The van der Waals surface area contributed by atoms with E-state index in [4.69, 9.17) is 9.26 Å². The van der Waals surface area contributed by atoms with Gasteiger partial charge in [-0.1, -0.05) is 35.5 Å². The normalized spacial score (nSPS) is 19.7.